The molecule has 25 heavy (non-hydrogen) atoms. The molecule has 0 spiro atoms. The molecule has 0 aromatic heterocycles. The van der Waals surface area contributed by atoms with Gasteiger partial charge in [0.05, 0.1) is 29.0 Å². The number of ether oxygens (including phenoxy) is 1. The molecule has 4 atom stereocenters. The first-order chi connectivity index (χ1) is 11.7. The second-order valence-corrected chi connectivity index (χ2v) is 7.51. The standard InChI is InChI=1S/C16H13BrN2O6/c1-15-4-5-16(7-20,25-15)12-11(15)13(21)18(14(12)22)9-3-2-8(17)6-10(9)19(23)24/h2-6,11-12,20H,7H2,1H3/t11-,12-,15+,16+/m1/s1. The van der Waals surface area contributed by atoms with Gasteiger partial charge in [-0.3, -0.25) is 19.7 Å². The summed E-state index contributed by atoms with van der Waals surface area (Å²) in [6.45, 7) is 1.23. The van der Waals surface area contributed by atoms with Crippen LogP contribution in [-0.2, 0) is 14.3 Å². The fourth-order valence-corrected chi connectivity index (χ4v) is 4.46. The number of aliphatic hydroxyl groups is 1. The number of rotatable bonds is 3. The van der Waals surface area contributed by atoms with Gasteiger partial charge >= 0.3 is 0 Å². The molecule has 1 N–H and O–H groups in total. The Morgan fingerprint density at radius 3 is 2.64 bits per heavy atom. The zero-order chi connectivity index (χ0) is 18.1. The van der Waals surface area contributed by atoms with Gasteiger partial charge in [0.25, 0.3) is 5.69 Å². The Morgan fingerprint density at radius 1 is 1.32 bits per heavy atom. The highest BCUT2D eigenvalue weighted by molar-refractivity contribution is 9.10. The van der Waals surface area contributed by atoms with E-state index in [1.807, 2.05) is 0 Å². The van der Waals surface area contributed by atoms with Crippen LogP contribution in [0.4, 0.5) is 11.4 Å². The number of carbonyl (C=O) groups excluding carboxylic acids is 2. The molecule has 4 rings (SSSR count). The van der Waals surface area contributed by atoms with Crippen molar-refractivity contribution in [3.8, 4) is 0 Å². The summed E-state index contributed by atoms with van der Waals surface area (Å²) in [5.74, 6) is -2.87. The molecule has 2 fully saturated rings. The van der Waals surface area contributed by atoms with Crippen molar-refractivity contribution in [2.45, 2.75) is 18.1 Å². The first-order valence-electron chi connectivity index (χ1n) is 7.57. The van der Waals surface area contributed by atoms with Gasteiger partial charge in [-0.2, -0.15) is 0 Å². The quantitative estimate of drug-likeness (QED) is 0.351. The third-order valence-corrected chi connectivity index (χ3v) is 5.67. The van der Waals surface area contributed by atoms with E-state index in [0.29, 0.717) is 4.47 Å². The van der Waals surface area contributed by atoms with Crippen molar-refractivity contribution in [3.63, 3.8) is 0 Å². The van der Waals surface area contributed by atoms with E-state index >= 15 is 0 Å². The summed E-state index contributed by atoms with van der Waals surface area (Å²) in [6, 6.07) is 4.14. The second kappa shape index (κ2) is 4.96. The highest BCUT2D eigenvalue weighted by atomic mass is 79.9. The van der Waals surface area contributed by atoms with E-state index < -0.39 is 46.4 Å². The molecule has 2 saturated heterocycles. The van der Waals surface area contributed by atoms with Crippen molar-refractivity contribution in [1.82, 2.24) is 0 Å². The summed E-state index contributed by atoms with van der Waals surface area (Å²) >= 11 is 3.15. The van der Waals surface area contributed by atoms with Gasteiger partial charge in [-0.05, 0) is 19.1 Å². The van der Waals surface area contributed by atoms with Crippen LogP contribution in [0.1, 0.15) is 6.92 Å². The van der Waals surface area contributed by atoms with Crippen LogP contribution in [0.2, 0.25) is 0 Å². The summed E-state index contributed by atoms with van der Waals surface area (Å²) in [7, 11) is 0. The number of halogens is 1. The number of nitro benzene ring substituents is 1. The van der Waals surface area contributed by atoms with Crippen LogP contribution in [0.5, 0.6) is 0 Å². The fraction of sp³-hybridized carbons (Fsp3) is 0.375. The summed E-state index contributed by atoms with van der Waals surface area (Å²) in [5, 5.41) is 21.1. The molecule has 0 unspecified atom stereocenters. The lowest BCUT2D eigenvalue weighted by atomic mass is 9.73. The number of anilines is 1. The van der Waals surface area contributed by atoms with E-state index in [1.165, 1.54) is 18.2 Å². The van der Waals surface area contributed by atoms with Gasteiger partial charge in [-0.1, -0.05) is 28.1 Å². The predicted octanol–water partition coefficient (Wildman–Crippen LogP) is 1.55. The molecule has 3 aliphatic heterocycles. The number of nitrogens with zero attached hydrogens (tertiary/aromatic N) is 2. The van der Waals surface area contributed by atoms with Crippen molar-refractivity contribution in [2.24, 2.45) is 11.8 Å². The van der Waals surface area contributed by atoms with Gasteiger partial charge in [0.1, 0.15) is 11.3 Å². The lowest BCUT2D eigenvalue weighted by Crippen LogP contribution is -2.43. The Hall–Kier alpha value is -2.10. The number of benzene rings is 1. The van der Waals surface area contributed by atoms with Gasteiger partial charge in [-0.15, -0.1) is 0 Å². The Balaban J connectivity index is 1.85. The van der Waals surface area contributed by atoms with E-state index in [0.717, 1.165) is 4.90 Å². The first kappa shape index (κ1) is 16.4. The van der Waals surface area contributed by atoms with Crippen LogP contribution in [0, 0.1) is 22.0 Å². The van der Waals surface area contributed by atoms with Gasteiger partial charge < -0.3 is 9.84 Å². The molecule has 1 aromatic rings. The zero-order valence-corrected chi connectivity index (χ0v) is 14.6. The van der Waals surface area contributed by atoms with Crippen LogP contribution < -0.4 is 4.90 Å². The molecule has 8 nitrogen and oxygen atoms in total. The SMILES string of the molecule is C[C@@]12C=C[C@@](CO)(O1)[C@H]1C(=O)N(c3ccc(Br)cc3[N+](=O)[O-])C(=O)[C@@H]12. The normalized spacial score (nSPS) is 35.6. The minimum absolute atomic E-state index is 0.0753. The number of hydrogen-bond donors (Lipinski definition) is 1. The van der Waals surface area contributed by atoms with Crippen molar-refractivity contribution in [3.05, 3.63) is 44.9 Å². The Kier molecular flexibility index (Phi) is 3.25. The third kappa shape index (κ3) is 1.94. The van der Waals surface area contributed by atoms with Crippen molar-refractivity contribution >= 4 is 39.1 Å². The molecule has 0 radical (unpaired) electrons. The van der Waals surface area contributed by atoms with Gasteiger partial charge in [-0.25, -0.2) is 4.90 Å². The summed E-state index contributed by atoms with van der Waals surface area (Å²) in [4.78, 5) is 37.6. The molecular formula is C16H13BrN2O6. The number of nitro groups is 1. The average molecular weight is 409 g/mol. The summed E-state index contributed by atoms with van der Waals surface area (Å²) < 4.78 is 6.28. The van der Waals surface area contributed by atoms with E-state index in [1.54, 1.807) is 19.1 Å². The number of amides is 2. The highest BCUT2D eigenvalue weighted by Crippen LogP contribution is 2.58. The summed E-state index contributed by atoms with van der Waals surface area (Å²) in [5.41, 5.74) is -2.70. The third-order valence-electron chi connectivity index (χ3n) is 5.18. The topological polar surface area (TPSA) is 110 Å². The van der Waals surface area contributed by atoms with Crippen molar-refractivity contribution in [2.75, 3.05) is 11.5 Å². The largest absolute Gasteiger partial charge is 0.393 e. The molecule has 130 valence electrons. The molecule has 2 amide bonds. The Morgan fingerprint density at radius 2 is 2.00 bits per heavy atom. The van der Waals surface area contributed by atoms with Crippen LogP contribution in [0.3, 0.4) is 0 Å². The van der Waals surface area contributed by atoms with Crippen LogP contribution in [0.25, 0.3) is 0 Å². The van der Waals surface area contributed by atoms with Crippen LogP contribution in [-0.4, -0.2) is 39.7 Å². The maximum absolute atomic E-state index is 13.0. The van der Waals surface area contributed by atoms with Crippen molar-refractivity contribution in [1.29, 1.82) is 0 Å². The van der Waals surface area contributed by atoms with Gasteiger partial charge in [0.15, 0.2) is 0 Å². The Bertz CT molecular complexity index is 870. The molecule has 0 aliphatic carbocycles. The lowest BCUT2D eigenvalue weighted by molar-refractivity contribution is -0.384. The maximum atomic E-state index is 13.0. The van der Waals surface area contributed by atoms with E-state index in [-0.39, 0.29) is 11.4 Å². The minimum Gasteiger partial charge on any atom is -0.393 e. The Labute approximate surface area is 150 Å². The second-order valence-electron chi connectivity index (χ2n) is 6.59. The smallest absolute Gasteiger partial charge is 0.294 e. The first-order valence-corrected chi connectivity index (χ1v) is 8.36. The van der Waals surface area contributed by atoms with Crippen LogP contribution >= 0.6 is 15.9 Å². The summed E-state index contributed by atoms with van der Waals surface area (Å²) in [6.07, 6.45) is 3.29. The van der Waals surface area contributed by atoms with Crippen molar-refractivity contribution < 1.29 is 24.4 Å². The molecule has 9 heteroatoms. The lowest BCUT2D eigenvalue weighted by Gasteiger charge is -2.26. The number of imide groups is 1. The van der Waals surface area contributed by atoms with Gasteiger partial charge in [0.2, 0.25) is 11.8 Å². The number of hydrogen-bond acceptors (Lipinski definition) is 6. The minimum atomic E-state index is -1.26. The fourth-order valence-electron chi connectivity index (χ4n) is 4.11. The molecular weight excluding hydrogens is 396 g/mol. The molecule has 2 bridgehead atoms. The molecule has 0 saturated carbocycles. The molecule has 3 aliphatic rings. The predicted molar refractivity (Wildman–Crippen MR) is 88.7 cm³/mol. The van der Waals surface area contributed by atoms with E-state index in [2.05, 4.69) is 15.9 Å². The molecule has 1 aromatic carbocycles. The van der Waals surface area contributed by atoms with Crippen LogP contribution in [0.15, 0.2) is 34.8 Å². The molecule has 3 heterocycles. The monoisotopic (exact) mass is 408 g/mol. The average Bonchev–Trinajstić information content (AvgIpc) is 3.14. The van der Waals surface area contributed by atoms with E-state index in [4.69, 9.17) is 4.74 Å². The van der Waals surface area contributed by atoms with E-state index in [9.17, 15) is 24.8 Å². The van der Waals surface area contributed by atoms with Gasteiger partial charge in [0, 0.05) is 10.5 Å². The highest BCUT2D eigenvalue weighted by Gasteiger charge is 2.72. The maximum Gasteiger partial charge on any atom is 0.294 e. The zero-order valence-electron chi connectivity index (χ0n) is 13.0. The number of carbonyl (C=O) groups is 2. The number of fused-ring (bicyclic) bond motifs is 5. The number of aliphatic hydroxyl groups excluding tert-OH is 1.